The first-order valence-electron chi connectivity index (χ1n) is 7.51. The summed E-state index contributed by atoms with van der Waals surface area (Å²) in [5, 5.41) is 23.5. The molecule has 134 valence electrons. The minimum Gasteiger partial charge on any atom is -0.497 e. The van der Waals surface area contributed by atoms with Crippen LogP contribution in [-0.2, 0) is 16.1 Å². The molecule has 0 saturated heterocycles. The van der Waals surface area contributed by atoms with Gasteiger partial charge >= 0.3 is 5.97 Å². The van der Waals surface area contributed by atoms with E-state index in [-0.39, 0.29) is 12.0 Å². The number of carbonyl (C=O) groups is 2. The SMILES string of the molecule is COc1cccc(CN/C=C(/C#N)C(=O)NC(CCSC)C(=O)O)c1. The van der Waals surface area contributed by atoms with Crippen LogP contribution in [0.1, 0.15) is 12.0 Å². The van der Waals surface area contributed by atoms with Crippen LogP contribution in [0.4, 0.5) is 0 Å². The average Bonchev–Trinajstić information content (AvgIpc) is 2.62. The average molecular weight is 363 g/mol. The number of thioether (sulfide) groups is 1. The Morgan fingerprint density at radius 2 is 2.24 bits per heavy atom. The summed E-state index contributed by atoms with van der Waals surface area (Å²) < 4.78 is 5.12. The Morgan fingerprint density at radius 3 is 2.84 bits per heavy atom. The summed E-state index contributed by atoms with van der Waals surface area (Å²) in [4.78, 5) is 23.2. The number of amides is 1. The minimum absolute atomic E-state index is 0.182. The van der Waals surface area contributed by atoms with E-state index in [0.29, 0.717) is 18.0 Å². The molecule has 1 atom stereocenters. The molecule has 0 aliphatic rings. The molecule has 1 unspecified atom stereocenters. The van der Waals surface area contributed by atoms with Gasteiger partial charge in [-0.3, -0.25) is 4.79 Å². The van der Waals surface area contributed by atoms with Crippen molar-refractivity contribution < 1.29 is 19.4 Å². The highest BCUT2D eigenvalue weighted by Crippen LogP contribution is 2.12. The molecule has 8 heteroatoms. The van der Waals surface area contributed by atoms with Crippen LogP contribution >= 0.6 is 11.8 Å². The topological polar surface area (TPSA) is 111 Å². The fourth-order valence-electron chi connectivity index (χ4n) is 1.93. The van der Waals surface area contributed by atoms with E-state index in [2.05, 4.69) is 10.6 Å². The molecule has 0 radical (unpaired) electrons. The highest BCUT2D eigenvalue weighted by molar-refractivity contribution is 7.98. The molecule has 25 heavy (non-hydrogen) atoms. The van der Waals surface area contributed by atoms with Gasteiger partial charge in [0.05, 0.1) is 7.11 Å². The fourth-order valence-corrected chi connectivity index (χ4v) is 2.40. The molecule has 0 fully saturated rings. The zero-order valence-electron chi connectivity index (χ0n) is 14.1. The zero-order valence-corrected chi connectivity index (χ0v) is 14.9. The highest BCUT2D eigenvalue weighted by atomic mass is 32.2. The van der Waals surface area contributed by atoms with E-state index in [9.17, 15) is 9.59 Å². The molecular weight excluding hydrogens is 342 g/mol. The standard InChI is InChI=1S/C17H21N3O4S/c1-24-14-5-3-4-12(8-14)10-19-11-13(9-18)16(21)20-15(17(22)23)6-7-25-2/h3-5,8,11,15,19H,6-7,10H2,1-2H3,(H,20,21)(H,22,23)/b13-11-. The Labute approximate surface area is 151 Å². The number of aliphatic carboxylic acids is 1. The first-order valence-corrected chi connectivity index (χ1v) is 8.90. The largest absolute Gasteiger partial charge is 0.497 e. The molecule has 1 amide bonds. The van der Waals surface area contributed by atoms with Crippen molar-refractivity contribution in [3.8, 4) is 11.8 Å². The summed E-state index contributed by atoms with van der Waals surface area (Å²) in [6.07, 6.45) is 3.42. The maximum absolute atomic E-state index is 12.1. The monoisotopic (exact) mass is 363 g/mol. The fraction of sp³-hybridized carbons (Fsp3) is 0.353. The number of nitriles is 1. The summed E-state index contributed by atoms with van der Waals surface area (Å²) in [5.74, 6) is -0.533. The quantitative estimate of drug-likeness (QED) is 0.427. The van der Waals surface area contributed by atoms with Crippen molar-refractivity contribution in [1.29, 1.82) is 5.26 Å². The van der Waals surface area contributed by atoms with Crippen molar-refractivity contribution in [1.82, 2.24) is 10.6 Å². The predicted molar refractivity (Wildman–Crippen MR) is 96.1 cm³/mol. The molecule has 3 N–H and O–H groups in total. The van der Waals surface area contributed by atoms with E-state index in [1.165, 1.54) is 18.0 Å². The number of ether oxygens (including phenoxy) is 1. The minimum atomic E-state index is -1.12. The van der Waals surface area contributed by atoms with Crippen molar-refractivity contribution >= 4 is 23.6 Å². The first-order chi connectivity index (χ1) is 12.0. The van der Waals surface area contributed by atoms with Crippen LogP contribution in [-0.4, -0.2) is 42.1 Å². The van der Waals surface area contributed by atoms with Gasteiger partial charge in [-0.05, 0) is 36.1 Å². The number of nitrogens with zero attached hydrogens (tertiary/aromatic N) is 1. The molecule has 1 aromatic rings. The number of carboxylic acids is 1. The molecule has 0 saturated carbocycles. The summed E-state index contributed by atoms with van der Waals surface area (Å²) in [7, 11) is 1.57. The van der Waals surface area contributed by atoms with Crippen LogP contribution in [0.2, 0.25) is 0 Å². The third-order valence-corrected chi connectivity index (χ3v) is 3.91. The first kappa shape index (κ1) is 20.4. The molecule has 7 nitrogen and oxygen atoms in total. The molecule has 1 rings (SSSR count). The lowest BCUT2D eigenvalue weighted by Gasteiger charge is -2.13. The number of carboxylic acid groups (broad SMARTS) is 1. The maximum atomic E-state index is 12.1. The van der Waals surface area contributed by atoms with Gasteiger partial charge in [-0.2, -0.15) is 17.0 Å². The van der Waals surface area contributed by atoms with Crippen LogP contribution < -0.4 is 15.4 Å². The van der Waals surface area contributed by atoms with Gasteiger partial charge in [0, 0.05) is 12.7 Å². The third kappa shape index (κ3) is 7.18. The van der Waals surface area contributed by atoms with Crippen molar-refractivity contribution in [3.63, 3.8) is 0 Å². The van der Waals surface area contributed by atoms with Gasteiger partial charge in [0.1, 0.15) is 23.4 Å². The Balaban J connectivity index is 2.66. The van der Waals surface area contributed by atoms with Crippen LogP contribution in [0.3, 0.4) is 0 Å². The summed E-state index contributed by atoms with van der Waals surface area (Å²) in [6, 6.07) is 8.11. The zero-order chi connectivity index (χ0) is 18.7. The number of methoxy groups -OCH3 is 1. The smallest absolute Gasteiger partial charge is 0.326 e. The lowest BCUT2D eigenvalue weighted by atomic mass is 10.2. The van der Waals surface area contributed by atoms with Crippen molar-refractivity contribution in [2.45, 2.75) is 19.0 Å². The van der Waals surface area contributed by atoms with Gasteiger partial charge in [0.15, 0.2) is 0 Å². The van der Waals surface area contributed by atoms with Crippen molar-refractivity contribution in [2.75, 3.05) is 19.1 Å². The normalized spacial score (nSPS) is 12.0. The van der Waals surface area contributed by atoms with Crippen LogP contribution in [0, 0.1) is 11.3 Å². The highest BCUT2D eigenvalue weighted by Gasteiger charge is 2.21. The molecule has 0 bridgehead atoms. The van der Waals surface area contributed by atoms with Gasteiger partial charge < -0.3 is 20.5 Å². The van der Waals surface area contributed by atoms with E-state index in [4.69, 9.17) is 15.1 Å². The molecule has 0 aliphatic heterocycles. The van der Waals surface area contributed by atoms with Gasteiger partial charge in [-0.15, -0.1) is 0 Å². The number of rotatable bonds is 10. The number of nitrogens with one attached hydrogen (secondary N) is 2. The second-order valence-electron chi connectivity index (χ2n) is 5.05. The maximum Gasteiger partial charge on any atom is 0.326 e. The number of carbonyl (C=O) groups excluding carboxylic acids is 1. The Hall–Kier alpha value is -2.66. The molecular formula is C17H21N3O4S. The molecule has 0 spiro atoms. The van der Waals surface area contributed by atoms with Crippen LogP contribution in [0.5, 0.6) is 5.75 Å². The number of benzene rings is 1. The lowest BCUT2D eigenvalue weighted by Crippen LogP contribution is -2.41. The Kier molecular flexibility index (Phi) is 8.96. The van der Waals surface area contributed by atoms with Gasteiger partial charge in [-0.25, -0.2) is 4.79 Å². The predicted octanol–water partition coefficient (Wildman–Crippen LogP) is 1.51. The molecule has 0 aliphatic carbocycles. The van der Waals surface area contributed by atoms with Crippen molar-refractivity contribution in [3.05, 3.63) is 41.6 Å². The van der Waals surface area contributed by atoms with Crippen LogP contribution in [0.25, 0.3) is 0 Å². The van der Waals surface area contributed by atoms with Gasteiger partial charge in [-0.1, -0.05) is 12.1 Å². The Bertz CT molecular complexity index is 670. The molecule has 0 aromatic heterocycles. The van der Waals surface area contributed by atoms with E-state index in [1.54, 1.807) is 13.2 Å². The summed E-state index contributed by atoms with van der Waals surface area (Å²) in [5.41, 5.74) is 0.731. The molecule has 0 heterocycles. The van der Waals surface area contributed by atoms with Crippen molar-refractivity contribution in [2.24, 2.45) is 0 Å². The van der Waals surface area contributed by atoms with E-state index >= 15 is 0 Å². The van der Waals surface area contributed by atoms with Gasteiger partial charge in [0.2, 0.25) is 0 Å². The summed E-state index contributed by atoms with van der Waals surface area (Å²) in [6.45, 7) is 0.393. The van der Waals surface area contributed by atoms with E-state index in [0.717, 1.165) is 5.56 Å². The second kappa shape index (κ2) is 11.0. The van der Waals surface area contributed by atoms with E-state index in [1.807, 2.05) is 30.5 Å². The van der Waals surface area contributed by atoms with Crippen LogP contribution in [0.15, 0.2) is 36.0 Å². The molecule has 1 aromatic carbocycles. The number of hydrogen-bond donors (Lipinski definition) is 3. The van der Waals surface area contributed by atoms with E-state index < -0.39 is 17.9 Å². The van der Waals surface area contributed by atoms with Gasteiger partial charge in [0.25, 0.3) is 5.91 Å². The Morgan fingerprint density at radius 1 is 1.48 bits per heavy atom. The lowest BCUT2D eigenvalue weighted by molar-refractivity contribution is -0.141. The summed E-state index contributed by atoms with van der Waals surface area (Å²) >= 11 is 1.49. The number of hydrogen-bond acceptors (Lipinski definition) is 6. The second-order valence-corrected chi connectivity index (χ2v) is 6.03. The third-order valence-electron chi connectivity index (χ3n) is 3.27.